The summed E-state index contributed by atoms with van der Waals surface area (Å²) < 4.78 is 32.7. The van der Waals surface area contributed by atoms with Crippen molar-refractivity contribution in [2.45, 2.75) is 59.6 Å². The van der Waals surface area contributed by atoms with Gasteiger partial charge in [0.1, 0.15) is 0 Å². The number of allylic oxidation sites excluding steroid dienone is 4. The predicted octanol–water partition coefficient (Wildman–Crippen LogP) is 4.28. The summed E-state index contributed by atoms with van der Waals surface area (Å²) in [7, 11) is -3.78. The van der Waals surface area contributed by atoms with Gasteiger partial charge in [0.25, 0.3) is 5.69 Å². The SMILES string of the molecule is CC1=C(/C=C/S(=O)(=O)NC(C)C)C(c2cc([N+](=O)[O-])ccc2Cl)C(C(=O)OC(C)C)=C(C)N1. The molecule has 1 aliphatic heterocycles. The number of nitro groups is 1. The minimum absolute atomic E-state index is 0.186. The highest BCUT2D eigenvalue weighted by Gasteiger charge is 2.35. The first kappa shape index (κ1) is 26.6. The van der Waals surface area contributed by atoms with E-state index in [4.69, 9.17) is 16.3 Å². The Morgan fingerprint density at radius 3 is 2.42 bits per heavy atom. The van der Waals surface area contributed by atoms with E-state index in [9.17, 15) is 23.3 Å². The molecule has 9 nitrogen and oxygen atoms in total. The van der Waals surface area contributed by atoms with Crippen LogP contribution >= 0.6 is 11.6 Å². The van der Waals surface area contributed by atoms with Crippen molar-refractivity contribution in [3.05, 3.63) is 72.9 Å². The average molecular weight is 498 g/mol. The van der Waals surface area contributed by atoms with Crippen molar-refractivity contribution in [2.24, 2.45) is 0 Å². The molecule has 1 heterocycles. The maximum Gasteiger partial charge on any atom is 0.337 e. The zero-order valence-corrected chi connectivity index (χ0v) is 20.9. The molecule has 2 N–H and O–H groups in total. The largest absolute Gasteiger partial charge is 0.460 e. The quantitative estimate of drug-likeness (QED) is 0.311. The number of nitro benzene ring substituents is 1. The Balaban J connectivity index is 2.75. The van der Waals surface area contributed by atoms with E-state index in [2.05, 4.69) is 10.0 Å². The highest BCUT2D eigenvalue weighted by atomic mass is 35.5. The number of benzene rings is 1. The zero-order chi connectivity index (χ0) is 25.1. The second-order valence-corrected chi connectivity index (χ2v) is 10.2. The van der Waals surface area contributed by atoms with Crippen molar-refractivity contribution in [3.8, 4) is 0 Å². The van der Waals surface area contributed by atoms with Crippen molar-refractivity contribution in [1.82, 2.24) is 10.0 Å². The van der Waals surface area contributed by atoms with Crippen LogP contribution in [0.3, 0.4) is 0 Å². The predicted molar refractivity (Wildman–Crippen MR) is 127 cm³/mol. The van der Waals surface area contributed by atoms with Crippen LogP contribution < -0.4 is 10.0 Å². The average Bonchev–Trinajstić information content (AvgIpc) is 2.65. The van der Waals surface area contributed by atoms with E-state index in [1.807, 2.05) is 0 Å². The highest BCUT2D eigenvalue weighted by molar-refractivity contribution is 7.92. The van der Waals surface area contributed by atoms with E-state index in [0.29, 0.717) is 17.0 Å². The summed E-state index contributed by atoms with van der Waals surface area (Å²) in [5.74, 6) is -1.53. The van der Waals surface area contributed by atoms with Gasteiger partial charge in [-0.1, -0.05) is 11.6 Å². The second kappa shape index (κ2) is 10.5. The number of nitrogens with zero attached hydrogens (tertiary/aromatic N) is 1. The standard InChI is InChI=1S/C22H28ClN3O6S/c1-12(2)25-33(30,31)10-9-17-14(5)24-15(6)20(22(27)32-13(3)4)21(17)18-11-16(26(28)29)7-8-19(18)23/h7-13,21,24-25H,1-6H3/b10-9+. The van der Waals surface area contributed by atoms with Gasteiger partial charge in [0.15, 0.2) is 0 Å². The Hall–Kier alpha value is -2.69. The fraction of sp³-hybridized carbons (Fsp3) is 0.409. The van der Waals surface area contributed by atoms with Crippen LogP contribution in [-0.4, -0.2) is 31.5 Å². The Morgan fingerprint density at radius 1 is 1.24 bits per heavy atom. The van der Waals surface area contributed by atoms with Gasteiger partial charge in [0.2, 0.25) is 10.0 Å². The molecule has 1 atom stereocenters. The molecule has 1 aliphatic rings. The van der Waals surface area contributed by atoms with Crippen molar-refractivity contribution in [3.63, 3.8) is 0 Å². The first-order valence-electron chi connectivity index (χ1n) is 10.3. The molecule has 180 valence electrons. The van der Waals surface area contributed by atoms with Crippen molar-refractivity contribution in [2.75, 3.05) is 0 Å². The van der Waals surface area contributed by atoms with Gasteiger partial charge in [0, 0.05) is 45.9 Å². The Kier molecular flexibility index (Phi) is 8.45. The third kappa shape index (κ3) is 6.66. The molecule has 1 unspecified atom stereocenters. The molecular formula is C22H28ClN3O6S. The number of halogens is 1. The second-order valence-electron chi connectivity index (χ2n) is 8.21. The molecule has 0 aliphatic carbocycles. The molecule has 2 rings (SSSR count). The molecule has 0 saturated carbocycles. The molecule has 0 radical (unpaired) electrons. The van der Waals surface area contributed by atoms with Crippen LogP contribution in [0.2, 0.25) is 5.02 Å². The fourth-order valence-electron chi connectivity index (χ4n) is 3.50. The normalized spacial score (nSPS) is 17.2. The molecule has 0 bridgehead atoms. The summed E-state index contributed by atoms with van der Waals surface area (Å²) in [6.07, 6.45) is 0.947. The fourth-order valence-corrected chi connectivity index (χ4v) is 4.79. The monoisotopic (exact) mass is 497 g/mol. The number of rotatable bonds is 8. The lowest BCUT2D eigenvalue weighted by Gasteiger charge is -2.31. The Morgan fingerprint density at radius 2 is 1.88 bits per heavy atom. The van der Waals surface area contributed by atoms with Crippen LogP contribution in [-0.2, 0) is 19.6 Å². The molecule has 11 heteroatoms. The van der Waals surface area contributed by atoms with Crippen molar-refractivity contribution in [1.29, 1.82) is 0 Å². The van der Waals surface area contributed by atoms with Crippen LogP contribution in [0.5, 0.6) is 0 Å². The van der Waals surface area contributed by atoms with Gasteiger partial charge in [0.05, 0.1) is 16.6 Å². The lowest BCUT2D eigenvalue weighted by atomic mass is 9.80. The third-order valence-corrected chi connectivity index (χ3v) is 6.34. The van der Waals surface area contributed by atoms with E-state index < -0.39 is 32.9 Å². The van der Waals surface area contributed by atoms with Crippen molar-refractivity contribution >= 4 is 33.3 Å². The number of non-ortho nitro benzene ring substituents is 1. The van der Waals surface area contributed by atoms with Crippen LogP contribution in [0.4, 0.5) is 5.69 Å². The molecule has 33 heavy (non-hydrogen) atoms. The maximum atomic E-state index is 13.1. The van der Waals surface area contributed by atoms with Crippen LogP contribution in [0.1, 0.15) is 53.0 Å². The molecular weight excluding hydrogens is 470 g/mol. The summed E-state index contributed by atoms with van der Waals surface area (Å²) in [6.45, 7) is 10.2. The van der Waals surface area contributed by atoms with E-state index in [0.717, 1.165) is 5.41 Å². The van der Waals surface area contributed by atoms with Crippen LogP contribution in [0.15, 0.2) is 52.2 Å². The summed E-state index contributed by atoms with van der Waals surface area (Å²) in [5, 5.41) is 15.7. The number of carbonyl (C=O) groups is 1. The van der Waals surface area contributed by atoms with Gasteiger partial charge in [-0.2, -0.15) is 0 Å². The Labute approximate surface area is 198 Å². The summed E-state index contributed by atoms with van der Waals surface area (Å²) in [4.78, 5) is 23.9. The summed E-state index contributed by atoms with van der Waals surface area (Å²) >= 11 is 6.43. The molecule has 1 aromatic rings. The van der Waals surface area contributed by atoms with E-state index in [1.54, 1.807) is 41.5 Å². The first-order valence-corrected chi connectivity index (χ1v) is 12.2. The number of carbonyl (C=O) groups excluding carboxylic acids is 1. The molecule has 0 fully saturated rings. The van der Waals surface area contributed by atoms with E-state index >= 15 is 0 Å². The van der Waals surface area contributed by atoms with Gasteiger partial charge in [-0.15, -0.1) is 0 Å². The van der Waals surface area contributed by atoms with Crippen molar-refractivity contribution < 1.29 is 22.9 Å². The minimum atomic E-state index is -3.78. The van der Waals surface area contributed by atoms with Gasteiger partial charge >= 0.3 is 5.97 Å². The summed E-state index contributed by atoms with van der Waals surface area (Å²) in [5.41, 5.74) is 1.72. The number of esters is 1. The number of hydrogen-bond acceptors (Lipinski definition) is 7. The number of ether oxygens (including phenoxy) is 1. The lowest BCUT2D eigenvalue weighted by molar-refractivity contribution is -0.384. The topological polar surface area (TPSA) is 128 Å². The van der Waals surface area contributed by atoms with Crippen LogP contribution in [0, 0.1) is 10.1 Å². The summed E-state index contributed by atoms with van der Waals surface area (Å²) in [6, 6.07) is 3.61. The molecule has 1 aromatic carbocycles. The molecule has 0 aromatic heterocycles. The highest BCUT2D eigenvalue weighted by Crippen LogP contribution is 2.43. The molecule has 0 amide bonds. The van der Waals surface area contributed by atoms with E-state index in [1.165, 1.54) is 24.3 Å². The maximum absolute atomic E-state index is 13.1. The van der Waals surface area contributed by atoms with Crippen LogP contribution in [0.25, 0.3) is 0 Å². The zero-order valence-electron chi connectivity index (χ0n) is 19.3. The number of hydrogen-bond donors (Lipinski definition) is 2. The lowest BCUT2D eigenvalue weighted by Crippen LogP contribution is -2.30. The van der Waals surface area contributed by atoms with E-state index in [-0.39, 0.29) is 27.9 Å². The Bertz CT molecular complexity index is 1150. The molecule has 0 saturated heterocycles. The minimum Gasteiger partial charge on any atom is -0.460 e. The number of sulfonamides is 1. The van der Waals surface area contributed by atoms with Gasteiger partial charge in [-0.05, 0) is 64.8 Å². The number of dihydropyridines is 1. The van der Waals surface area contributed by atoms with Gasteiger partial charge < -0.3 is 10.1 Å². The third-order valence-electron chi connectivity index (χ3n) is 4.70. The number of nitrogens with one attached hydrogen (secondary N) is 2. The van der Waals surface area contributed by atoms with Gasteiger partial charge in [-0.25, -0.2) is 17.9 Å². The first-order chi connectivity index (χ1) is 15.2. The van der Waals surface area contributed by atoms with Gasteiger partial charge in [-0.3, -0.25) is 10.1 Å². The smallest absolute Gasteiger partial charge is 0.337 e. The molecule has 0 spiro atoms.